The van der Waals surface area contributed by atoms with Crippen molar-refractivity contribution in [3.05, 3.63) is 82.9 Å². The third-order valence-electron chi connectivity index (χ3n) is 6.36. The summed E-state index contributed by atoms with van der Waals surface area (Å²) in [6, 6.07) is 20.0. The highest BCUT2D eigenvalue weighted by Crippen LogP contribution is 2.39. The number of amidine groups is 1. The molecule has 0 radical (unpaired) electrons. The fourth-order valence-electron chi connectivity index (χ4n) is 4.47. The zero-order valence-electron chi connectivity index (χ0n) is 19.9. The molecule has 2 heterocycles. The Hall–Kier alpha value is -3.80. The first-order chi connectivity index (χ1) is 16.5. The largest absolute Gasteiger partial charge is 0.497 e. The number of aliphatic imine (C=N–C) groups is 1. The average Bonchev–Trinajstić information content (AvgIpc) is 3.00. The molecule has 3 aromatic rings. The molecule has 6 nitrogen and oxygen atoms in total. The number of fused-ring (bicyclic) bond motifs is 2. The van der Waals surface area contributed by atoms with E-state index in [9.17, 15) is 4.79 Å². The second-order valence-electron chi connectivity index (χ2n) is 8.90. The van der Waals surface area contributed by atoms with Gasteiger partial charge in [0, 0.05) is 26.2 Å². The lowest BCUT2D eigenvalue weighted by Crippen LogP contribution is -2.51. The van der Waals surface area contributed by atoms with Crippen molar-refractivity contribution < 1.29 is 14.3 Å². The maximum atomic E-state index is 13.0. The van der Waals surface area contributed by atoms with Gasteiger partial charge in [0.1, 0.15) is 23.0 Å². The van der Waals surface area contributed by atoms with Gasteiger partial charge in [0.05, 0.1) is 19.1 Å². The molecular formula is C28H29N3O3. The summed E-state index contributed by atoms with van der Waals surface area (Å²) >= 11 is 0. The van der Waals surface area contributed by atoms with Crippen LogP contribution in [0.5, 0.6) is 17.2 Å². The lowest BCUT2D eigenvalue weighted by molar-refractivity contribution is -0.131. The number of rotatable bonds is 3. The fraction of sp³-hybridized carbons (Fsp3) is 0.286. The van der Waals surface area contributed by atoms with Gasteiger partial charge in [0.15, 0.2) is 5.75 Å². The molecule has 1 saturated heterocycles. The summed E-state index contributed by atoms with van der Waals surface area (Å²) in [5, 5.41) is 0. The molecule has 3 aromatic carbocycles. The van der Waals surface area contributed by atoms with Gasteiger partial charge >= 0.3 is 0 Å². The maximum Gasteiger partial charge on any atom is 0.227 e. The van der Waals surface area contributed by atoms with Gasteiger partial charge < -0.3 is 19.3 Å². The van der Waals surface area contributed by atoms with Gasteiger partial charge in [-0.1, -0.05) is 29.8 Å². The summed E-state index contributed by atoms with van der Waals surface area (Å²) in [4.78, 5) is 22.2. The Kier molecular flexibility index (Phi) is 5.97. The first-order valence-corrected chi connectivity index (χ1v) is 11.6. The van der Waals surface area contributed by atoms with Gasteiger partial charge in [0.25, 0.3) is 0 Å². The minimum Gasteiger partial charge on any atom is -0.497 e. The predicted octanol–water partition coefficient (Wildman–Crippen LogP) is 4.88. The number of carbonyl (C=O) groups excluding carboxylic acids is 1. The number of hydrogen-bond acceptors (Lipinski definition) is 5. The molecule has 0 aliphatic carbocycles. The molecule has 1 amide bonds. The highest BCUT2D eigenvalue weighted by Gasteiger charge is 2.27. The van der Waals surface area contributed by atoms with Crippen LogP contribution in [-0.4, -0.2) is 54.8 Å². The molecule has 1 fully saturated rings. The number of hydrogen-bond donors (Lipinski definition) is 0. The minimum absolute atomic E-state index is 0.135. The zero-order chi connectivity index (χ0) is 23.7. The van der Waals surface area contributed by atoms with E-state index in [1.807, 2.05) is 47.4 Å². The summed E-state index contributed by atoms with van der Waals surface area (Å²) in [6.45, 7) is 6.88. The second kappa shape index (κ2) is 9.21. The standard InChI is InChI=1S/C28H29N3O3/c1-19-8-10-25-23(15-19)28(29-24-9-7-20(2)16-26(24)34-25)31-13-11-30(12-14-31)27(32)18-21-5-4-6-22(17-21)33-3/h4-10,15-17H,11-14,18H2,1-3H3. The number of carbonyl (C=O) groups is 1. The van der Waals surface area contributed by atoms with Crippen molar-refractivity contribution in [3.8, 4) is 17.2 Å². The predicted molar refractivity (Wildman–Crippen MR) is 133 cm³/mol. The maximum absolute atomic E-state index is 13.0. The highest BCUT2D eigenvalue weighted by atomic mass is 16.5. The van der Waals surface area contributed by atoms with E-state index >= 15 is 0 Å². The van der Waals surface area contributed by atoms with Crippen LogP contribution in [-0.2, 0) is 11.2 Å². The van der Waals surface area contributed by atoms with Gasteiger partial charge in [-0.05, 0) is 61.4 Å². The van der Waals surface area contributed by atoms with Crippen LogP contribution in [0.3, 0.4) is 0 Å². The Bertz CT molecular complexity index is 1260. The summed E-state index contributed by atoms with van der Waals surface area (Å²) in [6.07, 6.45) is 0.376. The number of piperazine rings is 1. The lowest BCUT2D eigenvalue weighted by atomic mass is 10.1. The first-order valence-electron chi connectivity index (χ1n) is 11.6. The number of nitrogens with zero attached hydrogens (tertiary/aromatic N) is 3. The van der Waals surface area contributed by atoms with Crippen LogP contribution in [0.15, 0.2) is 65.7 Å². The number of ether oxygens (including phenoxy) is 2. The van der Waals surface area contributed by atoms with Crippen molar-refractivity contribution in [2.75, 3.05) is 33.3 Å². The second-order valence-corrected chi connectivity index (χ2v) is 8.90. The van der Waals surface area contributed by atoms with Gasteiger partial charge in [-0.3, -0.25) is 4.79 Å². The number of benzene rings is 3. The highest BCUT2D eigenvalue weighted by molar-refractivity contribution is 6.04. The van der Waals surface area contributed by atoms with Crippen molar-refractivity contribution in [3.63, 3.8) is 0 Å². The molecule has 0 bridgehead atoms. The average molecular weight is 456 g/mol. The first kappa shape index (κ1) is 22.0. The van der Waals surface area contributed by atoms with E-state index in [0.29, 0.717) is 19.5 Å². The molecule has 0 aromatic heterocycles. The molecule has 5 rings (SSSR count). The minimum atomic E-state index is 0.135. The van der Waals surface area contributed by atoms with E-state index < -0.39 is 0 Å². The summed E-state index contributed by atoms with van der Waals surface area (Å²) in [5.74, 6) is 3.39. The van der Waals surface area contributed by atoms with Crippen LogP contribution in [0.2, 0.25) is 0 Å². The molecular weight excluding hydrogens is 426 g/mol. The van der Waals surface area contributed by atoms with Crippen molar-refractivity contribution in [1.29, 1.82) is 0 Å². The van der Waals surface area contributed by atoms with Crippen LogP contribution >= 0.6 is 0 Å². The Balaban J connectivity index is 1.35. The van der Waals surface area contributed by atoms with Crippen molar-refractivity contribution in [1.82, 2.24) is 9.80 Å². The molecule has 0 unspecified atom stereocenters. The monoisotopic (exact) mass is 455 g/mol. The molecule has 0 spiro atoms. The quantitative estimate of drug-likeness (QED) is 0.565. The SMILES string of the molecule is COc1cccc(CC(=O)N2CCN(C3=Nc4ccc(C)cc4Oc4ccc(C)cc43)CC2)c1. The molecule has 6 heteroatoms. The van der Waals surface area contributed by atoms with Crippen molar-refractivity contribution >= 4 is 17.4 Å². The van der Waals surface area contributed by atoms with Gasteiger partial charge in [0.2, 0.25) is 5.91 Å². The van der Waals surface area contributed by atoms with E-state index in [0.717, 1.165) is 64.1 Å². The molecule has 34 heavy (non-hydrogen) atoms. The molecule has 0 saturated carbocycles. The van der Waals surface area contributed by atoms with E-state index in [1.54, 1.807) is 7.11 Å². The summed E-state index contributed by atoms with van der Waals surface area (Å²) in [5.41, 5.74) is 5.07. The normalized spacial score (nSPS) is 15.0. The van der Waals surface area contributed by atoms with E-state index in [1.165, 1.54) is 0 Å². The molecule has 2 aliphatic heterocycles. The topological polar surface area (TPSA) is 54.4 Å². The third kappa shape index (κ3) is 4.49. The third-order valence-corrected chi connectivity index (χ3v) is 6.36. The van der Waals surface area contributed by atoms with E-state index in [4.69, 9.17) is 14.5 Å². The summed E-state index contributed by atoms with van der Waals surface area (Å²) in [7, 11) is 1.64. The summed E-state index contributed by atoms with van der Waals surface area (Å²) < 4.78 is 11.6. The number of methoxy groups -OCH3 is 1. The number of amides is 1. The van der Waals surface area contributed by atoms with Gasteiger partial charge in [-0.25, -0.2) is 4.99 Å². The fourth-order valence-corrected chi connectivity index (χ4v) is 4.47. The van der Waals surface area contributed by atoms with E-state index in [-0.39, 0.29) is 5.91 Å². The molecule has 0 N–H and O–H groups in total. The van der Waals surface area contributed by atoms with Gasteiger partial charge in [-0.15, -0.1) is 0 Å². The van der Waals surface area contributed by atoms with Crippen LogP contribution in [0.25, 0.3) is 0 Å². The van der Waals surface area contributed by atoms with Crippen LogP contribution in [0, 0.1) is 13.8 Å². The molecule has 0 atom stereocenters. The Morgan fingerprint density at radius 1 is 0.941 bits per heavy atom. The zero-order valence-corrected chi connectivity index (χ0v) is 19.9. The Labute approximate surface area is 200 Å². The van der Waals surface area contributed by atoms with Crippen LogP contribution in [0.1, 0.15) is 22.3 Å². The van der Waals surface area contributed by atoms with Crippen LogP contribution < -0.4 is 9.47 Å². The molecule has 2 aliphatic rings. The number of aryl methyl sites for hydroxylation is 2. The van der Waals surface area contributed by atoms with Crippen molar-refractivity contribution in [2.24, 2.45) is 4.99 Å². The Morgan fingerprint density at radius 2 is 1.71 bits per heavy atom. The smallest absolute Gasteiger partial charge is 0.227 e. The lowest BCUT2D eigenvalue weighted by Gasteiger charge is -2.36. The van der Waals surface area contributed by atoms with Gasteiger partial charge in [-0.2, -0.15) is 0 Å². The van der Waals surface area contributed by atoms with Crippen LogP contribution in [0.4, 0.5) is 5.69 Å². The molecule has 174 valence electrons. The van der Waals surface area contributed by atoms with Crippen molar-refractivity contribution in [2.45, 2.75) is 20.3 Å². The van der Waals surface area contributed by atoms with E-state index in [2.05, 4.69) is 36.9 Å². The Morgan fingerprint density at radius 3 is 2.50 bits per heavy atom.